The van der Waals surface area contributed by atoms with Crippen molar-refractivity contribution < 1.29 is 9.53 Å². The van der Waals surface area contributed by atoms with Crippen LogP contribution in [0, 0.1) is 11.8 Å². The van der Waals surface area contributed by atoms with E-state index in [9.17, 15) is 4.79 Å². The molecule has 0 bridgehead atoms. The number of hydrogen-bond donors (Lipinski definition) is 0. The average molecular weight is 425 g/mol. The van der Waals surface area contributed by atoms with E-state index in [1.54, 1.807) is 0 Å². The second-order valence-corrected chi connectivity index (χ2v) is 9.71. The maximum Gasteiger partial charge on any atom is 0.308 e. The highest BCUT2D eigenvalue weighted by molar-refractivity contribution is 5.71. The molecule has 30 heavy (non-hydrogen) atoms. The number of esters is 1. The molecule has 0 rings (SSSR count). The zero-order valence-electron chi connectivity index (χ0n) is 21.3. The van der Waals surface area contributed by atoms with E-state index in [1.807, 2.05) is 6.92 Å². The van der Waals surface area contributed by atoms with E-state index in [1.165, 1.54) is 116 Å². The molecule has 2 heteroatoms. The fourth-order valence-corrected chi connectivity index (χ4v) is 4.25. The third-order valence-electron chi connectivity index (χ3n) is 6.54. The number of ether oxygens (including phenoxy) is 1. The first kappa shape index (κ1) is 29.5. The van der Waals surface area contributed by atoms with Crippen LogP contribution in [0.3, 0.4) is 0 Å². The van der Waals surface area contributed by atoms with Crippen LogP contribution in [0.5, 0.6) is 0 Å². The van der Waals surface area contributed by atoms with Crippen LogP contribution in [-0.4, -0.2) is 12.6 Å². The number of hydrogen-bond acceptors (Lipinski definition) is 2. The van der Waals surface area contributed by atoms with Gasteiger partial charge in [-0.05, 0) is 25.2 Å². The summed E-state index contributed by atoms with van der Waals surface area (Å²) in [5, 5.41) is 0. The summed E-state index contributed by atoms with van der Waals surface area (Å²) in [7, 11) is 0. The first-order chi connectivity index (χ1) is 14.7. The molecule has 2 atom stereocenters. The summed E-state index contributed by atoms with van der Waals surface area (Å²) in [5.74, 6) is 0.673. The number of unbranched alkanes of at least 4 members (excludes halogenated alkanes) is 14. The predicted octanol–water partition coefficient (Wildman–Crippen LogP) is 9.64. The standard InChI is InChI=1S/C28H56O2/c1-5-8-11-13-14-15-16-17-18-21-24-27(23-19-10-7-3)25-30-28(29)26(4)22-20-12-9-6-2/h26-27H,5-25H2,1-4H3. The van der Waals surface area contributed by atoms with Gasteiger partial charge in [0.05, 0.1) is 12.5 Å². The van der Waals surface area contributed by atoms with Crippen LogP contribution >= 0.6 is 0 Å². The summed E-state index contributed by atoms with van der Waals surface area (Å²) in [6, 6.07) is 0. The fraction of sp³-hybridized carbons (Fsp3) is 0.964. The van der Waals surface area contributed by atoms with Crippen molar-refractivity contribution in [2.75, 3.05) is 6.61 Å². The molecule has 0 saturated carbocycles. The second kappa shape index (κ2) is 23.1. The number of rotatable bonds is 23. The van der Waals surface area contributed by atoms with Crippen molar-refractivity contribution in [3.8, 4) is 0 Å². The van der Waals surface area contributed by atoms with Crippen molar-refractivity contribution in [3.63, 3.8) is 0 Å². The molecule has 180 valence electrons. The molecule has 0 amide bonds. The fourth-order valence-electron chi connectivity index (χ4n) is 4.25. The van der Waals surface area contributed by atoms with Crippen LogP contribution in [0.1, 0.15) is 156 Å². The first-order valence-corrected chi connectivity index (χ1v) is 13.8. The zero-order valence-corrected chi connectivity index (χ0v) is 21.3. The molecule has 0 fully saturated rings. The lowest BCUT2D eigenvalue weighted by atomic mass is 9.95. The van der Waals surface area contributed by atoms with Gasteiger partial charge < -0.3 is 4.74 Å². The van der Waals surface area contributed by atoms with E-state index in [0.29, 0.717) is 12.5 Å². The lowest BCUT2D eigenvalue weighted by Gasteiger charge is -2.19. The van der Waals surface area contributed by atoms with Gasteiger partial charge in [0.2, 0.25) is 0 Å². The second-order valence-electron chi connectivity index (χ2n) is 9.71. The summed E-state index contributed by atoms with van der Waals surface area (Å²) in [5.41, 5.74) is 0. The molecule has 2 nitrogen and oxygen atoms in total. The van der Waals surface area contributed by atoms with E-state index in [4.69, 9.17) is 4.74 Å². The van der Waals surface area contributed by atoms with E-state index in [-0.39, 0.29) is 11.9 Å². The van der Waals surface area contributed by atoms with Gasteiger partial charge in [-0.1, -0.05) is 137 Å². The Kier molecular flexibility index (Phi) is 22.7. The van der Waals surface area contributed by atoms with Crippen molar-refractivity contribution in [2.24, 2.45) is 11.8 Å². The lowest BCUT2D eigenvalue weighted by molar-refractivity contribution is -0.149. The summed E-state index contributed by atoms with van der Waals surface area (Å²) in [4.78, 5) is 12.4. The third kappa shape index (κ3) is 19.4. The van der Waals surface area contributed by atoms with Crippen molar-refractivity contribution in [2.45, 2.75) is 156 Å². The van der Waals surface area contributed by atoms with Gasteiger partial charge in [-0.2, -0.15) is 0 Å². The van der Waals surface area contributed by atoms with E-state index >= 15 is 0 Å². The smallest absolute Gasteiger partial charge is 0.308 e. The summed E-state index contributed by atoms with van der Waals surface area (Å²) >= 11 is 0. The maximum atomic E-state index is 12.4. The van der Waals surface area contributed by atoms with Gasteiger partial charge in [0.1, 0.15) is 0 Å². The van der Waals surface area contributed by atoms with Crippen LogP contribution in [0.2, 0.25) is 0 Å². The van der Waals surface area contributed by atoms with E-state index in [0.717, 1.165) is 12.8 Å². The van der Waals surface area contributed by atoms with Gasteiger partial charge in [0.15, 0.2) is 0 Å². The maximum absolute atomic E-state index is 12.4. The number of carbonyl (C=O) groups excluding carboxylic acids is 1. The highest BCUT2D eigenvalue weighted by atomic mass is 16.5. The Balaban J connectivity index is 3.94. The Morgan fingerprint density at radius 1 is 0.567 bits per heavy atom. The monoisotopic (exact) mass is 424 g/mol. The van der Waals surface area contributed by atoms with Crippen molar-refractivity contribution in [1.29, 1.82) is 0 Å². The Labute approximate surface area is 190 Å². The molecule has 0 aliphatic rings. The molecule has 0 N–H and O–H groups in total. The van der Waals surface area contributed by atoms with Gasteiger partial charge in [0.25, 0.3) is 0 Å². The van der Waals surface area contributed by atoms with Crippen LogP contribution in [0.4, 0.5) is 0 Å². The summed E-state index contributed by atoms with van der Waals surface area (Å²) in [6.07, 6.45) is 26.1. The Morgan fingerprint density at radius 2 is 0.933 bits per heavy atom. The SMILES string of the molecule is CCCCCCCCCCCCC(CCCCC)COC(=O)C(C)CCCCCC. The Bertz CT molecular complexity index is 353. The molecule has 0 aliphatic carbocycles. The minimum absolute atomic E-state index is 0.0371. The molecule has 2 unspecified atom stereocenters. The van der Waals surface area contributed by atoms with Gasteiger partial charge in [0, 0.05) is 0 Å². The molecule has 0 aromatic rings. The molecule has 0 aromatic heterocycles. The third-order valence-corrected chi connectivity index (χ3v) is 6.54. The summed E-state index contributed by atoms with van der Waals surface area (Å²) in [6.45, 7) is 9.47. The lowest BCUT2D eigenvalue weighted by Crippen LogP contribution is -2.19. The number of carbonyl (C=O) groups is 1. The van der Waals surface area contributed by atoms with E-state index < -0.39 is 0 Å². The molecular formula is C28H56O2. The van der Waals surface area contributed by atoms with E-state index in [2.05, 4.69) is 20.8 Å². The van der Waals surface area contributed by atoms with Crippen LogP contribution in [0.25, 0.3) is 0 Å². The molecule has 0 heterocycles. The van der Waals surface area contributed by atoms with Crippen LogP contribution in [-0.2, 0) is 9.53 Å². The predicted molar refractivity (Wildman–Crippen MR) is 133 cm³/mol. The minimum atomic E-state index is 0.0371. The van der Waals surface area contributed by atoms with Gasteiger partial charge in [-0.25, -0.2) is 0 Å². The highest BCUT2D eigenvalue weighted by Gasteiger charge is 2.17. The molecule has 0 radical (unpaired) electrons. The normalized spacial score (nSPS) is 13.3. The van der Waals surface area contributed by atoms with Gasteiger partial charge in [-0.15, -0.1) is 0 Å². The zero-order chi connectivity index (χ0) is 22.3. The average Bonchev–Trinajstić information content (AvgIpc) is 2.75. The van der Waals surface area contributed by atoms with Crippen molar-refractivity contribution in [3.05, 3.63) is 0 Å². The Hall–Kier alpha value is -0.530. The van der Waals surface area contributed by atoms with Gasteiger partial charge in [-0.3, -0.25) is 4.79 Å². The molecule has 0 spiro atoms. The van der Waals surface area contributed by atoms with Crippen LogP contribution < -0.4 is 0 Å². The quantitative estimate of drug-likeness (QED) is 0.120. The van der Waals surface area contributed by atoms with Gasteiger partial charge >= 0.3 is 5.97 Å². The highest BCUT2D eigenvalue weighted by Crippen LogP contribution is 2.20. The molecule has 0 aliphatic heterocycles. The Morgan fingerprint density at radius 3 is 1.47 bits per heavy atom. The largest absolute Gasteiger partial charge is 0.465 e. The molecular weight excluding hydrogens is 368 g/mol. The van der Waals surface area contributed by atoms with Crippen LogP contribution in [0.15, 0.2) is 0 Å². The first-order valence-electron chi connectivity index (χ1n) is 13.8. The topological polar surface area (TPSA) is 26.3 Å². The summed E-state index contributed by atoms with van der Waals surface area (Å²) < 4.78 is 5.76. The minimum Gasteiger partial charge on any atom is -0.465 e. The molecule has 0 saturated heterocycles. The van der Waals surface area contributed by atoms with Crippen molar-refractivity contribution >= 4 is 5.97 Å². The van der Waals surface area contributed by atoms with Crippen molar-refractivity contribution in [1.82, 2.24) is 0 Å². The molecule has 0 aromatic carbocycles.